The lowest BCUT2D eigenvalue weighted by Gasteiger charge is -2.38. The Balaban J connectivity index is 1.79. The van der Waals surface area contributed by atoms with Crippen LogP contribution in [0.5, 0.6) is 0 Å². The smallest absolute Gasteiger partial charge is 0.265 e. The Hall–Kier alpha value is -4.09. The molecule has 0 amide bonds. The van der Waals surface area contributed by atoms with E-state index in [0.29, 0.717) is 11.3 Å². The van der Waals surface area contributed by atoms with Gasteiger partial charge in [0.15, 0.2) is 5.76 Å². The van der Waals surface area contributed by atoms with Crippen LogP contribution in [0.15, 0.2) is 89.2 Å². The van der Waals surface area contributed by atoms with Crippen LogP contribution in [0.4, 0.5) is 10.1 Å². The number of ether oxygens (including phenoxy) is 1. The summed E-state index contributed by atoms with van der Waals surface area (Å²) in [5, 5.41) is 9.86. The van der Waals surface area contributed by atoms with Gasteiger partial charge in [-0.15, -0.1) is 0 Å². The Labute approximate surface area is 197 Å². The summed E-state index contributed by atoms with van der Waals surface area (Å²) < 4.78 is 50.4. The van der Waals surface area contributed by atoms with Gasteiger partial charge in [-0.1, -0.05) is 54.6 Å². The van der Waals surface area contributed by atoms with Crippen molar-refractivity contribution < 1.29 is 17.5 Å². The summed E-state index contributed by atoms with van der Waals surface area (Å²) in [5.74, 6) is -2.11. The highest BCUT2D eigenvalue weighted by Gasteiger charge is 2.47. The summed E-state index contributed by atoms with van der Waals surface area (Å²) in [7, 11) is -4.25. The first-order chi connectivity index (χ1) is 16.3. The van der Waals surface area contributed by atoms with Crippen molar-refractivity contribution in [3.05, 3.63) is 117 Å². The summed E-state index contributed by atoms with van der Waals surface area (Å²) in [6.07, 6.45) is 0. The number of hydrogen-bond donors (Lipinski definition) is 1. The van der Waals surface area contributed by atoms with Gasteiger partial charge in [-0.25, -0.2) is 12.8 Å². The number of nitrogens with two attached hydrogens (primary N) is 1. The molecule has 170 valence electrons. The van der Waals surface area contributed by atoms with E-state index in [4.69, 9.17) is 10.5 Å². The second-order valence-electron chi connectivity index (χ2n) is 8.10. The lowest BCUT2D eigenvalue weighted by atomic mass is 9.88. The van der Waals surface area contributed by atoms with Gasteiger partial charge in [-0.05, 0) is 36.2 Å². The minimum Gasteiger partial charge on any atom is -0.439 e. The van der Waals surface area contributed by atoms with E-state index in [2.05, 4.69) is 0 Å². The van der Waals surface area contributed by atoms with Gasteiger partial charge in [0.1, 0.15) is 22.4 Å². The van der Waals surface area contributed by atoms with Crippen LogP contribution < -0.4 is 10.0 Å². The molecule has 0 radical (unpaired) electrons. The fraction of sp³-hybridized carbons (Fsp3) is 0.115. The van der Waals surface area contributed by atoms with Gasteiger partial charge in [0.2, 0.25) is 5.88 Å². The van der Waals surface area contributed by atoms with Crippen LogP contribution in [-0.4, -0.2) is 8.42 Å². The summed E-state index contributed by atoms with van der Waals surface area (Å²) >= 11 is 0. The number of benzene rings is 3. The van der Waals surface area contributed by atoms with Crippen molar-refractivity contribution in [2.24, 2.45) is 5.73 Å². The molecule has 3 aromatic rings. The minimum atomic E-state index is -4.25. The fourth-order valence-corrected chi connectivity index (χ4v) is 6.34. The number of para-hydroxylation sites is 1. The molecule has 2 aliphatic heterocycles. The normalized spacial score (nSPS) is 18.6. The number of nitrogens with zero attached hydrogens (tertiary/aromatic N) is 2. The van der Waals surface area contributed by atoms with E-state index in [-0.39, 0.29) is 34.2 Å². The largest absolute Gasteiger partial charge is 0.439 e. The molecule has 0 spiro atoms. The van der Waals surface area contributed by atoms with Crippen LogP contribution in [0, 0.1) is 24.1 Å². The highest BCUT2D eigenvalue weighted by atomic mass is 32.2. The summed E-state index contributed by atoms with van der Waals surface area (Å²) in [6.45, 7) is 1.97. The molecular formula is C26H20FN3O3S. The third-order valence-corrected chi connectivity index (χ3v) is 8.03. The van der Waals surface area contributed by atoms with Crippen LogP contribution in [0.2, 0.25) is 0 Å². The summed E-state index contributed by atoms with van der Waals surface area (Å²) in [4.78, 5) is -0.198. The van der Waals surface area contributed by atoms with Crippen molar-refractivity contribution in [2.45, 2.75) is 19.4 Å². The maximum Gasteiger partial charge on any atom is 0.265 e. The molecular weight excluding hydrogens is 453 g/mol. The molecule has 34 heavy (non-hydrogen) atoms. The van der Waals surface area contributed by atoms with Gasteiger partial charge in [-0.3, -0.25) is 4.31 Å². The first kappa shape index (κ1) is 21.7. The molecule has 0 saturated carbocycles. The Kier molecular flexibility index (Phi) is 5.14. The standard InChI is InChI=1S/C26H20FN3O3S/c1-16-8-2-3-9-17(16)15-30-22-13-7-5-11-19(22)24-25(34(30,31)32)23(20(14-28)26(29)33-24)18-10-4-6-12-21(18)27/h2-13,23H,15,29H2,1H3/t23-/m0/s1. The molecule has 6 nitrogen and oxygen atoms in total. The topological polar surface area (TPSA) is 96.4 Å². The monoisotopic (exact) mass is 473 g/mol. The third-order valence-electron chi connectivity index (χ3n) is 6.15. The zero-order valence-electron chi connectivity index (χ0n) is 18.2. The maximum atomic E-state index is 15.0. The summed E-state index contributed by atoms with van der Waals surface area (Å²) in [5.41, 5.74) is 8.63. The first-order valence-corrected chi connectivity index (χ1v) is 12.0. The van der Waals surface area contributed by atoms with Crippen molar-refractivity contribution >= 4 is 21.5 Å². The molecule has 2 aliphatic rings. The van der Waals surface area contributed by atoms with Gasteiger partial charge in [0.25, 0.3) is 10.0 Å². The number of anilines is 1. The maximum absolute atomic E-state index is 15.0. The Bertz CT molecular complexity index is 1540. The van der Waals surface area contributed by atoms with Crippen LogP contribution in [0.1, 0.15) is 28.2 Å². The van der Waals surface area contributed by atoms with E-state index in [9.17, 15) is 18.1 Å². The van der Waals surface area contributed by atoms with Gasteiger partial charge in [0.05, 0.1) is 18.2 Å². The van der Waals surface area contributed by atoms with Gasteiger partial charge >= 0.3 is 0 Å². The van der Waals surface area contributed by atoms with Gasteiger partial charge in [-0.2, -0.15) is 5.26 Å². The first-order valence-electron chi connectivity index (χ1n) is 10.6. The van der Waals surface area contributed by atoms with E-state index in [1.165, 1.54) is 22.5 Å². The molecule has 3 aromatic carbocycles. The summed E-state index contributed by atoms with van der Waals surface area (Å²) in [6, 6.07) is 22.1. The van der Waals surface area contributed by atoms with E-state index in [1.807, 2.05) is 37.3 Å². The number of nitriles is 1. The second kappa shape index (κ2) is 8.04. The molecule has 8 heteroatoms. The molecule has 2 N–H and O–H groups in total. The molecule has 0 aliphatic carbocycles. The SMILES string of the molecule is Cc1ccccc1CN1c2ccccc2C2=C([C@@H](c3ccccc3F)C(C#N)=C(N)O2)S1(=O)=O. The number of halogens is 1. The molecule has 0 fully saturated rings. The van der Waals surface area contributed by atoms with Crippen molar-refractivity contribution in [2.75, 3.05) is 4.31 Å². The van der Waals surface area contributed by atoms with Crippen LogP contribution in [-0.2, 0) is 21.3 Å². The zero-order valence-corrected chi connectivity index (χ0v) is 19.0. The molecule has 1 atom stereocenters. The molecule has 2 heterocycles. The lowest BCUT2D eigenvalue weighted by Crippen LogP contribution is -2.39. The number of aryl methyl sites for hydroxylation is 1. The molecule has 0 aromatic heterocycles. The lowest BCUT2D eigenvalue weighted by molar-refractivity contribution is 0.357. The van der Waals surface area contributed by atoms with E-state index < -0.39 is 21.8 Å². The van der Waals surface area contributed by atoms with Crippen LogP contribution >= 0.6 is 0 Å². The number of sulfonamides is 1. The highest BCUT2D eigenvalue weighted by molar-refractivity contribution is 7.96. The van der Waals surface area contributed by atoms with Crippen LogP contribution in [0.3, 0.4) is 0 Å². The molecule has 5 rings (SSSR count). The average Bonchev–Trinajstić information content (AvgIpc) is 2.82. The molecule has 0 saturated heterocycles. The molecule has 0 unspecified atom stereocenters. The van der Waals surface area contributed by atoms with Crippen LogP contribution in [0.25, 0.3) is 5.76 Å². The number of rotatable bonds is 3. The fourth-order valence-electron chi connectivity index (χ4n) is 4.44. The average molecular weight is 474 g/mol. The Morgan fingerprint density at radius 3 is 2.47 bits per heavy atom. The van der Waals surface area contributed by atoms with Crippen molar-refractivity contribution in [1.29, 1.82) is 5.26 Å². The third kappa shape index (κ3) is 3.25. The number of hydrogen-bond acceptors (Lipinski definition) is 5. The predicted octanol–water partition coefficient (Wildman–Crippen LogP) is 4.66. The quantitative estimate of drug-likeness (QED) is 0.597. The van der Waals surface area contributed by atoms with Crippen molar-refractivity contribution in [3.8, 4) is 6.07 Å². The predicted molar refractivity (Wildman–Crippen MR) is 127 cm³/mol. The van der Waals surface area contributed by atoms with Gasteiger partial charge in [0, 0.05) is 11.1 Å². The molecule has 0 bridgehead atoms. The van der Waals surface area contributed by atoms with Crippen molar-refractivity contribution in [3.63, 3.8) is 0 Å². The minimum absolute atomic E-state index is 0.0152. The zero-order chi connectivity index (χ0) is 24.0. The Morgan fingerprint density at radius 2 is 1.74 bits per heavy atom. The second-order valence-corrected chi connectivity index (χ2v) is 9.93. The number of fused-ring (bicyclic) bond motifs is 2. The number of allylic oxidation sites excluding steroid dienone is 2. The van der Waals surface area contributed by atoms with E-state index >= 15 is 0 Å². The van der Waals surface area contributed by atoms with Crippen molar-refractivity contribution in [1.82, 2.24) is 0 Å². The Morgan fingerprint density at radius 1 is 1.06 bits per heavy atom. The highest BCUT2D eigenvalue weighted by Crippen LogP contribution is 2.51. The van der Waals surface area contributed by atoms with E-state index in [1.54, 1.807) is 30.3 Å². The van der Waals surface area contributed by atoms with E-state index in [0.717, 1.165) is 11.1 Å². The van der Waals surface area contributed by atoms with Gasteiger partial charge < -0.3 is 10.5 Å².